The van der Waals surface area contributed by atoms with Gasteiger partial charge in [-0.2, -0.15) is 0 Å². The lowest BCUT2D eigenvalue weighted by Gasteiger charge is -2.42. The van der Waals surface area contributed by atoms with Crippen molar-refractivity contribution in [2.45, 2.75) is 78.6 Å². The minimum atomic E-state index is -2.78. The summed E-state index contributed by atoms with van der Waals surface area (Å²) in [4.78, 5) is 9.76. The average Bonchev–Trinajstić information content (AvgIpc) is 1.39. The van der Waals surface area contributed by atoms with Crippen LogP contribution in [0.3, 0.4) is 0 Å². The number of nitrogens with zero attached hydrogens (tertiary/aromatic N) is 5. The van der Waals surface area contributed by atoms with Crippen LogP contribution in [0, 0.1) is 0 Å². The van der Waals surface area contributed by atoms with E-state index in [1.807, 2.05) is 103 Å². The molecule has 0 fully saturated rings. The van der Waals surface area contributed by atoms with Gasteiger partial charge in [0.15, 0.2) is 0 Å². The van der Waals surface area contributed by atoms with Crippen LogP contribution in [0.2, 0.25) is 0 Å². The van der Waals surface area contributed by atoms with E-state index in [-0.39, 0.29) is 57.3 Å². The monoisotopic (exact) mass is 1220 g/mol. The third kappa shape index (κ3) is 10.4. The van der Waals surface area contributed by atoms with Crippen molar-refractivity contribution in [2.24, 2.45) is 6.98 Å². The number of imidazole rings is 1. The van der Waals surface area contributed by atoms with Gasteiger partial charge in [0, 0.05) is 50.8 Å². The molecule has 6 heteroatoms. The Kier molecular flexibility index (Phi) is 12.1. The van der Waals surface area contributed by atoms with Crippen molar-refractivity contribution in [3.05, 3.63) is 290 Å². The van der Waals surface area contributed by atoms with Crippen LogP contribution in [0.5, 0.6) is 11.5 Å². The van der Waals surface area contributed by atoms with Gasteiger partial charge in [-0.1, -0.05) is 256 Å². The molecule has 15 rings (SSSR count). The van der Waals surface area contributed by atoms with Crippen LogP contribution in [0.15, 0.2) is 273 Å². The first-order valence-corrected chi connectivity index (χ1v) is 31.9. The zero-order valence-corrected chi connectivity index (χ0v) is 53.9. The summed E-state index contributed by atoms with van der Waals surface area (Å²) >= 11 is 0. The maximum atomic E-state index is 10.5. The SMILES string of the molecule is [2H]c1c(-c2ccccc2)c([2H])c(-c2ccccc2)c(-c2cc(Oc3ccc4c5c([2H])c([2H])c([2H])c([2H])c5n(-c5nc6ccccc6n5C([2H])([2H])[2H])c4c3)cc(N3CN(c4c(-c5ccccc5)c(C(C)(C)C)c(C(C)(C)C)c(C(C)(C)C)c4-c4ccccc4)c4ccccc43)c2)c1-c1ccccc1. The van der Waals surface area contributed by atoms with Gasteiger partial charge in [-0.15, -0.1) is 0 Å². The molecule has 0 saturated carbocycles. The predicted octanol–water partition coefficient (Wildman–Crippen LogP) is 23.6. The summed E-state index contributed by atoms with van der Waals surface area (Å²) in [6, 6.07) is 76.9. The van der Waals surface area contributed by atoms with Crippen molar-refractivity contribution < 1.29 is 17.1 Å². The normalized spacial score (nSPS) is 14.3. The highest BCUT2D eigenvalue weighted by atomic mass is 16.5. The van der Waals surface area contributed by atoms with E-state index in [1.165, 1.54) is 21.3 Å². The van der Waals surface area contributed by atoms with Gasteiger partial charge in [-0.3, -0.25) is 4.57 Å². The van der Waals surface area contributed by atoms with E-state index < -0.39 is 19.1 Å². The second-order valence-corrected chi connectivity index (χ2v) is 27.3. The second-order valence-electron chi connectivity index (χ2n) is 27.3. The molecule has 0 saturated heterocycles. The molecular weight excluding hydrogens is 1130 g/mol. The molecule has 6 nitrogen and oxygen atoms in total. The van der Waals surface area contributed by atoms with Crippen molar-refractivity contribution in [1.29, 1.82) is 0 Å². The van der Waals surface area contributed by atoms with E-state index in [4.69, 9.17) is 16.6 Å². The second kappa shape index (κ2) is 22.9. The zero-order valence-electron chi connectivity index (χ0n) is 62.9. The number of hydrogen-bond donors (Lipinski definition) is 0. The number of ether oxygens (including phenoxy) is 1. The smallest absolute Gasteiger partial charge is 0.215 e. The van der Waals surface area contributed by atoms with E-state index >= 15 is 0 Å². The first-order valence-electron chi connectivity index (χ1n) is 36.4. The summed E-state index contributed by atoms with van der Waals surface area (Å²) < 4.78 is 94.7. The summed E-state index contributed by atoms with van der Waals surface area (Å²) in [5, 5.41) is 0.611. The molecule has 14 aromatic rings. The highest BCUT2D eigenvalue weighted by molar-refractivity contribution is 6.10. The highest BCUT2D eigenvalue weighted by Crippen LogP contribution is 2.59. The molecule has 0 bridgehead atoms. The first kappa shape index (κ1) is 49.1. The standard InChI is InChI=1S/C87H77N5O/c1-85(2,3)80-78(60-38-22-14-23-39-60)83(79(61-40-24-15-25-41-61)81(86(4,5)6)82(80)87(7,8)9)91-56-90(74-46-30-31-47-75(74)91)64-50-63(77-69(58-34-18-12-19-35-58)52-62(57-32-16-11-17-33-57)53-70(77)59-36-20-13-21-37-59)51-66(54-64)93-65-48-49-68-67-42-26-28-44-72(67)92(76(68)55-65)84-88-71-43-27-29-45-73(71)89(84)10/h11-55H,56H2,1-10H3/i10D3,26D,28D,42D,44D,52D,53D. The molecule has 0 N–H and O–H groups in total. The fraction of sp³-hybridized carbons (Fsp3) is 0.161. The van der Waals surface area contributed by atoms with Crippen molar-refractivity contribution in [3.8, 4) is 84.2 Å². The summed E-state index contributed by atoms with van der Waals surface area (Å²) in [6.45, 7) is 18.6. The topological polar surface area (TPSA) is 38.5 Å². The van der Waals surface area contributed by atoms with Gasteiger partial charge in [-0.25, -0.2) is 4.98 Å². The molecule has 1 aliphatic rings. The Labute approximate surface area is 559 Å². The van der Waals surface area contributed by atoms with E-state index in [2.05, 4.69) is 163 Å². The number of aromatic nitrogens is 3. The van der Waals surface area contributed by atoms with Crippen LogP contribution in [0.1, 0.15) is 91.3 Å². The molecular formula is C87H77N5O. The van der Waals surface area contributed by atoms with E-state index in [0.717, 1.165) is 66.3 Å². The molecule has 0 radical (unpaired) electrons. The number of benzene rings is 12. The maximum Gasteiger partial charge on any atom is 0.215 e. The van der Waals surface area contributed by atoms with Crippen LogP contribution in [-0.2, 0) is 23.2 Å². The summed E-state index contributed by atoms with van der Waals surface area (Å²) in [7, 11) is 0. The Morgan fingerprint density at radius 3 is 1.47 bits per heavy atom. The third-order valence-electron chi connectivity index (χ3n) is 17.9. The van der Waals surface area contributed by atoms with Crippen LogP contribution >= 0.6 is 0 Å². The van der Waals surface area contributed by atoms with E-state index in [1.54, 1.807) is 42.5 Å². The van der Waals surface area contributed by atoms with Crippen molar-refractivity contribution >= 4 is 55.6 Å². The summed E-state index contributed by atoms with van der Waals surface area (Å²) in [6.07, 6.45) is 0. The lowest BCUT2D eigenvalue weighted by Crippen LogP contribution is -2.32. The molecule has 93 heavy (non-hydrogen) atoms. The highest BCUT2D eigenvalue weighted by Gasteiger charge is 2.42. The van der Waals surface area contributed by atoms with Crippen LogP contribution < -0.4 is 14.5 Å². The average molecular weight is 1220 g/mol. The number of fused-ring (bicyclic) bond motifs is 5. The molecule has 456 valence electrons. The Balaban J connectivity index is 1.04. The van der Waals surface area contributed by atoms with Gasteiger partial charge in [0.2, 0.25) is 5.95 Å². The first-order chi connectivity index (χ1) is 48.7. The minimum absolute atomic E-state index is 0.0526. The fourth-order valence-corrected chi connectivity index (χ4v) is 14.1. The predicted molar refractivity (Wildman–Crippen MR) is 392 cm³/mol. The molecule has 12 aromatic carbocycles. The van der Waals surface area contributed by atoms with Gasteiger partial charge >= 0.3 is 0 Å². The summed E-state index contributed by atoms with van der Waals surface area (Å²) in [5.41, 5.74) is 17.4. The van der Waals surface area contributed by atoms with E-state index in [0.29, 0.717) is 67.9 Å². The zero-order chi connectivity index (χ0) is 71.6. The van der Waals surface area contributed by atoms with Gasteiger partial charge in [0.1, 0.15) is 18.2 Å². The molecule has 3 heterocycles. The Bertz CT molecular complexity index is 5490. The molecule has 0 unspecified atom stereocenters. The van der Waals surface area contributed by atoms with Crippen LogP contribution in [-0.4, -0.2) is 20.8 Å². The Morgan fingerprint density at radius 1 is 0.409 bits per heavy atom. The molecule has 0 aliphatic carbocycles. The van der Waals surface area contributed by atoms with Gasteiger partial charge in [0.25, 0.3) is 0 Å². The Hall–Kier alpha value is -10.7. The fourth-order valence-electron chi connectivity index (χ4n) is 14.1. The maximum absolute atomic E-state index is 10.5. The van der Waals surface area contributed by atoms with Crippen molar-refractivity contribution in [2.75, 3.05) is 16.5 Å². The summed E-state index contributed by atoms with van der Waals surface area (Å²) in [5.74, 6) is 0.597. The Morgan fingerprint density at radius 2 is 0.914 bits per heavy atom. The molecule has 0 amide bonds. The molecule has 1 aliphatic heterocycles. The van der Waals surface area contributed by atoms with E-state index in [9.17, 15) is 5.48 Å². The van der Waals surface area contributed by atoms with Gasteiger partial charge < -0.3 is 19.1 Å². The number of aryl methyl sites for hydroxylation is 1. The number of anilines is 4. The lowest BCUT2D eigenvalue weighted by molar-refractivity contribution is 0.483. The number of rotatable bonds is 11. The molecule has 0 spiro atoms. The van der Waals surface area contributed by atoms with Crippen molar-refractivity contribution in [3.63, 3.8) is 0 Å². The molecule has 0 atom stereocenters. The van der Waals surface area contributed by atoms with Crippen molar-refractivity contribution in [1.82, 2.24) is 14.1 Å². The van der Waals surface area contributed by atoms with Gasteiger partial charge in [0.05, 0.1) is 47.4 Å². The largest absolute Gasteiger partial charge is 0.457 e. The quantitative estimate of drug-likeness (QED) is 0.129. The number of hydrogen-bond acceptors (Lipinski definition) is 4. The minimum Gasteiger partial charge on any atom is -0.457 e. The molecule has 2 aromatic heterocycles. The third-order valence-corrected chi connectivity index (χ3v) is 17.9. The lowest BCUT2D eigenvalue weighted by atomic mass is 9.64. The van der Waals surface area contributed by atoms with Crippen LogP contribution in [0.25, 0.3) is 106 Å². The van der Waals surface area contributed by atoms with Crippen LogP contribution in [0.4, 0.5) is 22.7 Å². The van der Waals surface area contributed by atoms with Gasteiger partial charge in [-0.05, 0) is 155 Å². The number of para-hydroxylation sites is 5.